The smallest absolute Gasteiger partial charge is 0.152 e. The number of aldehydes is 1. The molecule has 0 saturated heterocycles. The van der Waals surface area contributed by atoms with Crippen LogP contribution in [0.15, 0.2) is 24.7 Å². The number of rotatable bonds is 3. The van der Waals surface area contributed by atoms with E-state index in [0.717, 1.165) is 29.9 Å². The average molecular weight is 215 g/mol. The molecule has 16 heavy (non-hydrogen) atoms. The van der Waals surface area contributed by atoms with Crippen molar-refractivity contribution in [2.45, 2.75) is 20.3 Å². The van der Waals surface area contributed by atoms with Gasteiger partial charge in [0, 0.05) is 24.4 Å². The van der Waals surface area contributed by atoms with Crippen molar-refractivity contribution >= 4 is 6.29 Å². The zero-order valence-electron chi connectivity index (χ0n) is 9.34. The van der Waals surface area contributed by atoms with E-state index in [0.29, 0.717) is 5.56 Å². The predicted molar refractivity (Wildman–Crippen MR) is 60.9 cm³/mol. The molecule has 0 N–H and O–H groups in total. The molecule has 0 aliphatic rings. The Labute approximate surface area is 94.0 Å². The third-order valence-electron chi connectivity index (χ3n) is 2.43. The van der Waals surface area contributed by atoms with Gasteiger partial charge in [0.2, 0.25) is 0 Å². The third-order valence-corrected chi connectivity index (χ3v) is 2.43. The fourth-order valence-corrected chi connectivity index (χ4v) is 1.70. The average Bonchev–Trinajstić information content (AvgIpc) is 2.70. The number of nitrogens with zero attached hydrogens (tertiary/aromatic N) is 3. The number of aryl methyl sites for hydroxylation is 2. The minimum atomic E-state index is 0.627. The van der Waals surface area contributed by atoms with E-state index in [-0.39, 0.29) is 0 Å². The minimum Gasteiger partial charge on any atom is -0.301 e. The molecule has 0 unspecified atom stereocenters. The van der Waals surface area contributed by atoms with Gasteiger partial charge in [-0.1, -0.05) is 6.92 Å². The maximum Gasteiger partial charge on any atom is 0.152 e. The van der Waals surface area contributed by atoms with E-state index in [4.69, 9.17) is 0 Å². The van der Waals surface area contributed by atoms with Gasteiger partial charge >= 0.3 is 0 Å². The summed E-state index contributed by atoms with van der Waals surface area (Å²) < 4.78 is 1.92. The summed E-state index contributed by atoms with van der Waals surface area (Å²) in [5.74, 6) is 0.939. The van der Waals surface area contributed by atoms with Crippen molar-refractivity contribution in [1.82, 2.24) is 14.5 Å². The molecule has 2 aromatic heterocycles. The summed E-state index contributed by atoms with van der Waals surface area (Å²) in [7, 11) is 0. The standard InChI is InChI=1S/C12H13N3O/c1-3-12-14-9(2)7-15(12)11-6-13-5-4-10(11)8-16/h4-8H,3H2,1-2H3. The maximum atomic E-state index is 10.9. The van der Waals surface area contributed by atoms with Crippen molar-refractivity contribution < 1.29 is 4.79 Å². The highest BCUT2D eigenvalue weighted by molar-refractivity contribution is 5.80. The number of imidazole rings is 1. The van der Waals surface area contributed by atoms with Crippen LogP contribution >= 0.6 is 0 Å². The number of hydrogen-bond acceptors (Lipinski definition) is 3. The Morgan fingerprint density at radius 1 is 1.50 bits per heavy atom. The second kappa shape index (κ2) is 4.26. The summed E-state index contributed by atoms with van der Waals surface area (Å²) in [5, 5.41) is 0. The number of carbonyl (C=O) groups excluding carboxylic acids is 1. The van der Waals surface area contributed by atoms with Crippen LogP contribution in [0.4, 0.5) is 0 Å². The van der Waals surface area contributed by atoms with Crippen LogP contribution in [0.3, 0.4) is 0 Å². The van der Waals surface area contributed by atoms with E-state index in [9.17, 15) is 4.79 Å². The van der Waals surface area contributed by atoms with E-state index in [1.165, 1.54) is 0 Å². The van der Waals surface area contributed by atoms with E-state index in [1.807, 2.05) is 24.6 Å². The van der Waals surface area contributed by atoms with Gasteiger partial charge in [0.05, 0.1) is 17.6 Å². The van der Waals surface area contributed by atoms with Gasteiger partial charge < -0.3 is 4.57 Å². The molecule has 0 bridgehead atoms. The minimum absolute atomic E-state index is 0.627. The molecule has 0 aliphatic heterocycles. The molecule has 0 aromatic carbocycles. The normalized spacial score (nSPS) is 10.4. The van der Waals surface area contributed by atoms with Gasteiger partial charge in [-0.05, 0) is 13.0 Å². The highest BCUT2D eigenvalue weighted by atomic mass is 16.1. The molecular formula is C12H13N3O. The molecule has 0 spiro atoms. The topological polar surface area (TPSA) is 47.8 Å². The van der Waals surface area contributed by atoms with Gasteiger partial charge in [-0.3, -0.25) is 9.78 Å². The summed E-state index contributed by atoms with van der Waals surface area (Å²) in [6, 6.07) is 1.71. The lowest BCUT2D eigenvalue weighted by atomic mass is 10.2. The Balaban J connectivity index is 2.61. The van der Waals surface area contributed by atoms with Crippen LogP contribution in [0, 0.1) is 6.92 Å². The first-order valence-electron chi connectivity index (χ1n) is 5.20. The van der Waals surface area contributed by atoms with Crippen LogP contribution in [0.2, 0.25) is 0 Å². The molecule has 2 rings (SSSR count). The first kappa shape index (κ1) is 10.5. The Hall–Kier alpha value is -1.97. The molecule has 0 aliphatic carbocycles. The van der Waals surface area contributed by atoms with Gasteiger partial charge in [0.25, 0.3) is 0 Å². The lowest BCUT2D eigenvalue weighted by Gasteiger charge is -2.07. The summed E-state index contributed by atoms with van der Waals surface area (Å²) in [4.78, 5) is 19.4. The second-order valence-corrected chi connectivity index (χ2v) is 3.57. The maximum absolute atomic E-state index is 10.9. The van der Waals surface area contributed by atoms with Crippen LogP contribution < -0.4 is 0 Å². The fraction of sp³-hybridized carbons (Fsp3) is 0.250. The summed E-state index contributed by atoms with van der Waals surface area (Å²) in [5.41, 5.74) is 2.36. The van der Waals surface area contributed by atoms with Gasteiger partial charge in [-0.25, -0.2) is 4.98 Å². The van der Waals surface area contributed by atoms with Crippen molar-refractivity contribution in [3.63, 3.8) is 0 Å². The van der Waals surface area contributed by atoms with Gasteiger partial charge in [-0.15, -0.1) is 0 Å². The number of pyridine rings is 1. The molecule has 0 amide bonds. The van der Waals surface area contributed by atoms with Crippen molar-refractivity contribution in [2.24, 2.45) is 0 Å². The number of aromatic nitrogens is 3. The van der Waals surface area contributed by atoms with E-state index < -0.39 is 0 Å². The first-order chi connectivity index (χ1) is 7.76. The monoisotopic (exact) mass is 215 g/mol. The van der Waals surface area contributed by atoms with Gasteiger partial charge in [0.15, 0.2) is 6.29 Å². The molecular weight excluding hydrogens is 202 g/mol. The third kappa shape index (κ3) is 1.74. The summed E-state index contributed by atoms with van der Waals surface area (Å²) in [6.07, 6.45) is 6.88. The molecule has 0 fully saturated rings. The van der Waals surface area contributed by atoms with Crippen LogP contribution in [0.5, 0.6) is 0 Å². The van der Waals surface area contributed by atoms with Crippen molar-refractivity contribution in [3.05, 3.63) is 41.7 Å². The van der Waals surface area contributed by atoms with Crippen LogP contribution in [0.25, 0.3) is 5.69 Å². The molecule has 4 nitrogen and oxygen atoms in total. The van der Waals surface area contributed by atoms with Crippen molar-refractivity contribution in [2.75, 3.05) is 0 Å². The van der Waals surface area contributed by atoms with Crippen molar-refractivity contribution in [1.29, 1.82) is 0 Å². The highest BCUT2D eigenvalue weighted by Gasteiger charge is 2.09. The second-order valence-electron chi connectivity index (χ2n) is 3.57. The van der Waals surface area contributed by atoms with Gasteiger partial charge in [0.1, 0.15) is 5.82 Å². The molecule has 2 aromatic rings. The Morgan fingerprint density at radius 2 is 2.31 bits per heavy atom. The summed E-state index contributed by atoms with van der Waals surface area (Å²) >= 11 is 0. The molecule has 4 heteroatoms. The van der Waals surface area contributed by atoms with Crippen molar-refractivity contribution in [3.8, 4) is 5.69 Å². The quantitative estimate of drug-likeness (QED) is 0.735. The zero-order chi connectivity index (χ0) is 11.5. The lowest BCUT2D eigenvalue weighted by Crippen LogP contribution is -2.03. The van der Waals surface area contributed by atoms with E-state index >= 15 is 0 Å². The van der Waals surface area contributed by atoms with Crippen LogP contribution in [0.1, 0.15) is 28.8 Å². The number of hydrogen-bond donors (Lipinski definition) is 0. The molecule has 0 saturated carbocycles. The largest absolute Gasteiger partial charge is 0.301 e. The molecule has 0 atom stereocenters. The fourth-order valence-electron chi connectivity index (χ4n) is 1.70. The molecule has 0 radical (unpaired) electrons. The first-order valence-corrected chi connectivity index (χ1v) is 5.20. The van der Waals surface area contributed by atoms with E-state index in [1.54, 1.807) is 18.5 Å². The predicted octanol–water partition coefficient (Wildman–Crippen LogP) is 1.95. The Bertz CT molecular complexity index is 517. The van der Waals surface area contributed by atoms with Crippen LogP contribution in [-0.2, 0) is 6.42 Å². The molecule has 2 heterocycles. The van der Waals surface area contributed by atoms with Crippen LogP contribution in [-0.4, -0.2) is 20.8 Å². The Morgan fingerprint density at radius 3 is 3.00 bits per heavy atom. The van der Waals surface area contributed by atoms with Gasteiger partial charge in [-0.2, -0.15) is 0 Å². The zero-order valence-corrected chi connectivity index (χ0v) is 9.34. The number of carbonyl (C=O) groups is 1. The Kier molecular flexibility index (Phi) is 2.81. The SMILES string of the molecule is CCc1nc(C)cn1-c1cnccc1C=O. The molecule has 82 valence electrons. The van der Waals surface area contributed by atoms with E-state index in [2.05, 4.69) is 9.97 Å². The lowest BCUT2D eigenvalue weighted by molar-refractivity contribution is 0.112. The highest BCUT2D eigenvalue weighted by Crippen LogP contribution is 2.15. The summed E-state index contributed by atoms with van der Waals surface area (Å²) in [6.45, 7) is 3.97.